The van der Waals surface area contributed by atoms with Crippen molar-refractivity contribution < 1.29 is 14.3 Å². The van der Waals surface area contributed by atoms with Crippen LogP contribution in [0.3, 0.4) is 0 Å². The molecule has 144 valence electrons. The predicted octanol–water partition coefficient (Wildman–Crippen LogP) is 3.26. The van der Waals surface area contributed by atoms with Crippen molar-refractivity contribution in [3.8, 4) is 5.75 Å². The van der Waals surface area contributed by atoms with E-state index in [9.17, 15) is 9.59 Å². The van der Waals surface area contributed by atoms with Crippen LogP contribution in [0, 0.1) is 0 Å². The molecule has 4 rings (SSSR count). The summed E-state index contributed by atoms with van der Waals surface area (Å²) >= 11 is 0. The van der Waals surface area contributed by atoms with E-state index in [-0.39, 0.29) is 11.8 Å². The van der Waals surface area contributed by atoms with Crippen molar-refractivity contribution in [2.75, 3.05) is 12.4 Å². The maximum absolute atomic E-state index is 12.7. The van der Waals surface area contributed by atoms with E-state index in [1.807, 2.05) is 60.1 Å². The van der Waals surface area contributed by atoms with Gasteiger partial charge in [-0.3, -0.25) is 9.59 Å². The summed E-state index contributed by atoms with van der Waals surface area (Å²) in [5.41, 5.74) is 3.14. The normalized spacial score (nSPS) is 13.4. The van der Waals surface area contributed by atoms with E-state index in [1.165, 1.54) is 0 Å². The van der Waals surface area contributed by atoms with Crippen LogP contribution in [0.15, 0.2) is 48.5 Å². The maximum Gasteiger partial charge on any atom is 0.272 e. The number of carbonyl (C=O) groups excluding carboxylic acids is 2. The number of ether oxygens (including phenoxy) is 1. The zero-order valence-electron chi connectivity index (χ0n) is 16.0. The van der Waals surface area contributed by atoms with Crippen LogP contribution >= 0.6 is 0 Å². The number of amides is 2. The third kappa shape index (κ3) is 3.86. The van der Waals surface area contributed by atoms with Gasteiger partial charge in [-0.2, -0.15) is 0 Å². The second kappa shape index (κ2) is 7.38. The summed E-state index contributed by atoms with van der Waals surface area (Å²) in [5, 5.41) is 6.85. The first-order valence-electron chi connectivity index (χ1n) is 9.36. The van der Waals surface area contributed by atoms with Crippen LogP contribution in [0.25, 0.3) is 10.9 Å². The van der Waals surface area contributed by atoms with Crippen LogP contribution < -0.4 is 15.4 Å². The van der Waals surface area contributed by atoms with E-state index in [0.29, 0.717) is 23.8 Å². The van der Waals surface area contributed by atoms with Crippen molar-refractivity contribution >= 4 is 28.4 Å². The monoisotopic (exact) mass is 377 g/mol. The number of nitrogens with zero attached hydrogens (tertiary/aromatic N) is 1. The smallest absolute Gasteiger partial charge is 0.272 e. The fraction of sp³-hybridized carbons (Fsp3) is 0.273. The average molecular weight is 377 g/mol. The molecule has 28 heavy (non-hydrogen) atoms. The molecule has 3 aromatic rings. The van der Waals surface area contributed by atoms with Gasteiger partial charge in [0.25, 0.3) is 5.91 Å². The highest BCUT2D eigenvalue weighted by Gasteiger charge is 2.23. The Morgan fingerprint density at radius 3 is 2.54 bits per heavy atom. The number of aryl methyl sites for hydroxylation is 1. The molecule has 2 aromatic carbocycles. The molecule has 0 radical (unpaired) electrons. The van der Waals surface area contributed by atoms with Gasteiger partial charge in [-0.15, -0.1) is 0 Å². The average Bonchev–Trinajstić information content (AvgIpc) is 3.44. The molecule has 1 saturated carbocycles. The number of hydrogen-bond donors (Lipinski definition) is 2. The molecule has 1 aliphatic rings. The Morgan fingerprint density at radius 2 is 1.86 bits per heavy atom. The maximum atomic E-state index is 12.7. The highest BCUT2D eigenvalue weighted by atomic mass is 16.5. The Bertz CT molecular complexity index is 1030. The molecule has 1 aliphatic carbocycles. The van der Waals surface area contributed by atoms with Gasteiger partial charge >= 0.3 is 0 Å². The topological polar surface area (TPSA) is 72.4 Å². The number of fused-ring (bicyclic) bond motifs is 1. The minimum atomic E-state index is -0.183. The summed E-state index contributed by atoms with van der Waals surface area (Å²) in [6.45, 7) is 0. The minimum absolute atomic E-state index is 0.0465. The Morgan fingerprint density at radius 1 is 1.11 bits per heavy atom. The second-order valence-corrected chi connectivity index (χ2v) is 7.18. The quantitative estimate of drug-likeness (QED) is 0.693. The summed E-state index contributed by atoms with van der Waals surface area (Å²) in [5.74, 6) is 0.619. The Kier molecular flexibility index (Phi) is 4.77. The van der Waals surface area contributed by atoms with Crippen LogP contribution in [0.4, 0.5) is 5.69 Å². The van der Waals surface area contributed by atoms with E-state index >= 15 is 0 Å². The highest BCUT2D eigenvalue weighted by Crippen LogP contribution is 2.24. The predicted molar refractivity (Wildman–Crippen MR) is 109 cm³/mol. The third-order valence-corrected chi connectivity index (χ3v) is 5.00. The summed E-state index contributed by atoms with van der Waals surface area (Å²) in [4.78, 5) is 24.6. The van der Waals surface area contributed by atoms with E-state index in [2.05, 4.69) is 10.6 Å². The molecule has 0 saturated heterocycles. The first-order valence-corrected chi connectivity index (χ1v) is 9.36. The van der Waals surface area contributed by atoms with E-state index < -0.39 is 0 Å². The molecule has 1 fully saturated rings. The Balaban J connectivity index is 1.45. The van der Waals surface area contributed by atoms with Crippen LogP contribution in [-0.4, -0.2) is 29.5 Å². The number of carbonyl (C=O) groups is 2. The van der Waals surface area contributed by atoms with Crippen LogP contribution in [-0.2, 0) is 18.3 Å². The molecule has 6 nitrogen and oxygen atoms in total. The third-order valence-electron chi connectivity index (χ3n) is 5.00. The van der Waals surface area contributed by atoms with Crippen LogP contribution in [0.5, 0.6) is 5.75 Å². The van der Waals surface area contributed by atoms with Crippen molar-refractivity contribution in [1.29, 1.82) is 0 Å². The van der Waals surface area contributed by atoms with Gasteiger partial charge in [-0.1, -0.05) is 12.1 Å². The van der Waals surface area contributed by atoms with Gasteiger partial charge < -0.3 is 19.9 Å². The summed E-state index contributed by atoms with van der Waals surface area (Å²) in [7, 11) is 3.49. The standard InChI is InChI=1S/C22H23N3O3/c1-25-19-10-9-18(28-2)12-15(19)13-20(25)22(27)24-17-5-3-14(4-6-17)11-21(26)23-16-7-8-16/h3-6,9-10,12-13,16H,7-8,11H2,1-2H3,(H,23,26)(H,24,27). The zero-order chi connectivity index (χ0) is 19.7. The van der Waals surface area contributed by atoms with Gasteiger partial charge in [-0.25, -0.2) is 0 Å². The molecule has 2 N–H and O–H groups in total. The largest absolute Gasteiger partial charge is 0.497 e. The Labute approximate surface area is 163 Å². The van der Waals surface area contributed by atoms with Crippen molar-refractivity contribution in [3.05, 3.63) is 59.8 Å². The number of anilines is 1. The lowest BCUT2D eigenvalue weighted by Crippen LogP contribution is -2.26. The molecule has 6 heteroatoms. The molecule has 2 amide bonds. The Hall–Kier alpha value is -3.28. The fourth-order valence-electron chi connectivity index (χ4n) is 3.27. The number of aromatic nitrogens is 1. The van der Waals surface area contributed by atoms with Gasteiger partial charge in [0.15, 0.2) is 0 Å². The minimum Gasteiger partial charge on any atom is -0.497 e. The first-order chi connectivity index (χ1) is 13.5. The van der Waals surface area contributed by atoms with Gasteiger partial charge in [-0.05, 0) is 54.8 Å². The van der Waals surface area contributed by atoms with Crippen molar-refractivity contribution in [3.63, 3.8) is 0 Å². The van der Waals surface area contributed by atoms with Crippen LogP contribution in [0.2, 0.25) is 0 Å². The summed E-state index contributed by atoms with van der Waals surface area (Å²) in [6, 6.07) is 15.3. The van der Waals surface area contributed by atoms with Gasteiger partial charge in [0.1, 0.15) is 11.4 Å². The van der Waals surface area contributed by atoms with Crippen molar-refractivity contribution in [2.45, 2.75) is 25.3 Å². The molecular formula is C22H23N3O3. The highest BCUT2D eigenvalue weighted by molar-refractivity contribution is 6.06. The number of hydrogen-bond acceptors (Lipinski definition) is 3. The molecular weight excluding hydrogens is 354 g/mol. The number of rotatable bonds is 6. The zero-order valence-corrected chi connectivity index (χ0v) is 16.0. The lowest BCUT2D eigenvalue weighted by Gasteiger charge is -2.08. The molecule has 0 bridgehead atoms. The molecule has 0 aliphatic heterocycles. The van der Waals surface area contributed by atoms with E-state index in [1.54, 1.807) is 7.11 Å². The summed E-state index contributed by atoms with van der Waals surface area (Å²) < 4.78 is 7.11. The fourth-order valence-corrected chi connectivity index (χ4v) is 3.27. The van der Waals surface area contributed by atoms with E-state index in [0.717, 1.165) is 35.1 Å². The van der Waals surface area contributed by atoms with Gasteiger partial charge in [0, 0.05) is 29.7 Å². The van der Waals surface area contributed by atoms with Gasteiger partial charge in [0.2, 0.25) is 5.91 Å². The van der Waals surface area contributed by atoms with Crippen LogP contribution in [0.1, 0.15) is 28.9 Å². The number of methoxy groups -OCH3 is 1. The molecule has 1 heterocycles. The molecule has 1 aromatic heterocycles. The first kappa shape index (κ1) is 18.1. The second-order valence-electron chi connectivity index (χ2n) is 7.18. The van der Waals surface area contributed by atoms with Crippen molar-refractivity contribution in [2.24, 2.45) is 7.05 Å². The number of benzene rings is 2. The van der Waals surface area contributed by atoms with Gasteiger partial charge in [0.05, 0.1) is 13.5 Å². The summed E-state index contributed by atoms with van der Waals surface area (Å²) in [6.07, 6.45) is 2.52. The number of nitrogens with one attached hydrogen (secondary N) is 2. The molecule has 0 unspecified atom stereocenters. The molecule has 0 spiro atoms. The molecule has 0 atom stereocenters. The lowest BCUT2D eigenvalue weighted by molar-refractivity contribution is -0.120. The van der Waals surface area contributed by atoms with E-state index in [4.69, 9.17) is 4.74 Å². The SMILES string of the molecule is COc1ccc2c(c1)cc(C(=O)Nc1ccc(CC(=O)NC3CC3)cc1)n2C. The van der Waals surface area contributed by atoms with Crippen molar-refractivity contribution in [1.82, 2.24) is 9.88 Å². The lowest BCUT2D eigenvalue weighted by atomic mass is 10.1.